The quantitative estimate of drug-likeness (QED) is 0.742. The average molecular weight is 292 g/mol. The maximum absolute atomic E-state index is 11.6. The minimum absolute atomic E-state index is 0.174. The Morgan fingerprint density at radius 2 is 1.94 bits per heavy atom. The van der Waals surface area contributed by atoms with Crippen LogP contribution in [0.25, 0.3) is 0 Å². The summed E-state index contributed by atoms with van der Waals surface area (Å²) in [5.41, 5.74) is 0.301. The molecule has 0 aromatic carbocycles. The monoisotopic (exact) mass is 291 g/mol. The van der Waals surface area contributed by atoms with E-state index in [-0.39, 0.29) is 5.91 Å². The lowest BCUT2D eigenvalue weighted by molar-refractivity contribution is -0.121. The Morgan fingerprint density at radius 1 is 1.38 bits per heavy atom. The number of hydrogen-bond acceptors (Lipinski definition) is 1. The summed E-state index contributed by atoms with van der Waals surface area (Å²) in [5.74, 6) is 0.657. The van der Waals surface area contributed by atoms with Crippen LogP contribution >= 0.6 is 15.9 Å². The van der Waals surface area contributed by atoms with E-state index in [2.05, 4.69) is 55.9 Å². The Balaban J connectivity index is 3.75. The Morgan fingerprint density at radius 3 is 2.38 bits per heavy atom. The molecule has 0 fully saturated rings. The van der Waals surface area contributed by atoms with Gasteiger partial charge in [0.25, 0.3) is 0 Å². The highest BCUT2D eigenvalue weighted by atomic mass is 79.9. The highest BCUT2D eigenvalue weighted by Crippen LogP contribution is 2.24. The topological polar surface area (TPSA) is 29.1 Å². The van der Waals surface area contributed by atoms with E-state index < -0.39 is 0 Å². The molecule has 0 spiro atoms. The molecular weight excluding hydrogens is 266 g/mol. The molecule has 0 aliphatic heterocycles. The van der Waals surface area contributed by atoms with Crippen molar-refractivity contribution in [2.24, 2.45) is 11.3 Å². The second-order valence-corrected chi connectivity index (χ2v) is 7.18. The van der Waals surface area contributed by atoms with Gasteiger partial charge in [-0.15, -0.1) is 0 Å². The van der Waals surface area contributed by atoms with Gasteiger partial charge in [0.1, 0.15) is 0 Å². The van der Waals surface area contributed by atoms with Crippen LogP contribution in [0.4, 0.5) is 0 Å². The molecule has 0 aromatic heterocycles. The van der Waals surface area contributed by atoms with Gasteiger partial charge in [-0.25, -0.2) is 0 Å². The Kier molecular flexibility index (Phi) is 7.29. The van der Waals surface area contributed by atoms with Gasteiger partial charge in [0.2, 0.25) is 5.91 Å². The summed E-state index contributed by atoms with van der Waals surface area (Å²) in [7, 11) is 0. The molecule has 3 heteroatoms. The van der Waals surface area contributed by atoms with E-state index in [1.54, 1.807) is 0 Å². The maximum Gasteiger partial charge on any atom is 0.220 e. The van der Waals surface area contributed by atoms with Crippen LogP contribution < -0.4 is 5.32 Å². The van der Waals surface area contributed by atoms with Gasteiger partial charge in [-0.3, -0.25) is 4.79 Å². The molecule has 0 bridgehead atoms. The number of nitrogens with one attached hydrogen (secondary N) is 1. The molecule has 0 saturated carbocycles. The van der Waals surface area contributed by atoms with Crippen LogP contribution in [0.15, 0.2) is 0 Å². The van der Waals surface area contributed by atoms with E-state index >= 15 is 0 Å². The molecule has 0 radical (unpaired) electrons. The number of rotatable bonds is 6. The van der Waals surface area contributed by atoms with E-state index in [4.69, 9.17) is 0 Å². The van der Waals surface area contributed by atoms with Crippen LogP contribution in [0, 0.1) is 11.3 Å². The molecule has 0 aliphatic rings. The van der Waals surface area contributed by atoms with Gasteiger partial charge in [0, 0.05) is 17.8 Å². The Bertz CT molecular complexity index is 210. The fourth-order valence-electron chi connectivity index (χ4n) is 1.49. The molecule has 2 unspecified atom stereocenters. The van der Waals surface area contributed by atoms with Crippen LogP contribution in [0.2, 0.25) is 0 Å². The molecule has 96 valence electrons. The second kappa shape index (κ2) is 7.31. The minimum atomic E-state index is 0.174. The summed E-state index contributed by atoms with van der Waals surface area (Å²) < 4.78 is 0. The summed E-state index contributed by atoms with van der Waals surface area (Å²) in [6.45, 7) is 11.6. The molecule has 1 amide bonds. The number of amides is 1. The lowest BCUT2D eigenvalue weighted by atomic mass is 9.90. The highest BCUT2D eigenvalue weighted by molar-refractivity contribution is 9.09. The van der Waals surface area contributed by atoms with Crippen molar-refractivity contribution in [3.63, 3.8) is 0 Å². The highest BCUT2D eigenvalue weighted by Gasteiger charge is 2.17. The van der Waals surface area contributed by atoms with Crippen molar-refractivity contribution in [1.82, 2.24) is 5.32 Å². The summed E-state index contributed by atoms with van der Waals surface area (Å²) in [5, 5.41) is 2.98. The first-order valence-corrected chi connectivity index (χ1v) is 7.07. The SMILES string of the molecule is CCC(C)CC(=O)NCC(Br)CC(C)(C)C. The zero-order valence-electron chi connectivity index (χ0n) is 11.3. The van der Waals surface area contributed by atoms with E-state index in [1.165, 1.54) is 0 Å². The van der Waals surface area contributed by atoms with Gasteiger partial charge in [-0.05, 0) is 17.8 Å². The van der Waals surface area contributed by atoms with E-state index in [0.717, 1.165) is 19.4 Å². The second-order valence-electron chi connectivity index (χ2n) is 5.88. The average Bonchev–Trinajstić information content (AvgIpc) is 2.12. The fourth-order valence-corrected chi connectivity index (χ4v) is 2.63. The number of carbonyl (C=O) groups is 1. The zero-order chi connectivity index (χ0) is 12.8. The van der Waals surface area contributed by atoms with E-state index in [1.807, 2.05) is 0 Å². The summed E-state index contributed by atoms with van der Waals surface area (Å²) >= 11 is 3.61. The van der Waals surface area contributed by atoms with Gasteiger partial charge in [0.05, 0.1) is 0 Å². The van der Waals surface area contributed by atoms with Gasteiger partial charge in [0.15, 0.2) is 0 Å². The van der Waals surface area contributed by atoms with Crippen LogP contribution in [-0.2, 0) is 4.79 Å². The summed E-state index contributed by atoms with van der Waals surface area (Å²) in [4.78, 5) is 11.9. The van der Waals surface area contributed by atoms with E-state index in [0.29, 0.717) is 22.6 Å². The van der Waals surface area contributed by atoms with Crippen LogP contribution in [-0.4, -0.2) is 17.3 Å². The van der Waals surface area contributed by atoms with Gasteiger partial charge >= 0.3 is 0 Å². The Labute approximate surface area is 109 Å². The molecule has 2 atom stereocenters. The summed E-state index contributed by atoms with van der Waals surface area (Å²) in [6.07, 6.45) is 2.77. The summed E-state index contributed by atoms with van der Waals surface area (Å²) in [6, 6.07) is 0. The van der Waals surface area contributed by atoms with Crippen LogP contribution in [0.5, 0.6) is 0 Å². The normalized spacial score (nSPS) is 15.6. The van der Waals surface area contributed by atoms with Crippen LogP contribution in [0.3, 0.4) is 0 Å². The first kappa shape index (κ1) is 16.0. The van der Waals surface area contributed by atoms with Crippen molar-refractivity contribution in [2.75, 3.05) is 6.54 Å². The molecule has 0 saturated heterocycles. The molecule has 0 aromatic rings. The van der Waals surface area contributed by atoms with Crippen LogP contribution in [0.1, 0.15) is 53.9 Å². The standard InChI is InChI=1S/C13H26BrNO/c1-6-10(2)7-12(16)15-9-11(14)8-13(3,4)5/h10-11H,6-9H2,1-5H3,(H,15,16). The molecule has 0 heterocycles. The molecule has 16 heavy (non-hydrogen) atoms. The third-order valence-corrected chi connectivity index (χ3v) is 3.23. The number of halogens is 1. The van der Waals surface area contributed by atoms with Gasteiger partial charge in [-0.1, -0.05) is 57.0 Å². The van der Waals surface area contributed by atoms with Gasteiger partial charge in [-0.2, -0.15) is 0 Å². The van der Waals surface area contributed by atoms with Crippen molar-refractivity contribution in [2.45, 2.75) is 58.7 Å². The van der Waals surface area contributed by atoms with Crippen molar-refractivity contribution in [1.29, 1.82) is 0 Å². The minimum Gasteiger partial charge on any atom is -0.355 e. The van der Waals surface area contributed by atoms with Gasteiger partial charge < -0.3 is 5.32 Å². The number of carbonyl (C=O) groups excluding carboxylic acids is 1. The van der Waals surface area contributed by atoms with E-state index in [9.17, 15) is 4.79 Å². The first-order chi connectivity index (χ1) is 7.24. The molecule has 1 N–H and O–H groups in total. The number of alkyl halides is 1. The van der Waals surface area contributed by atoms with Crippen molar-refractivity contribution >= 4 is 21.8 Å². The Hall–Kier alpha value is -0.0500. The predicted octanol–water partition coefficient (Wildman–Crippen LogP) is 3.74. The smallest absolute Gasteiger partial charge is 0.220 e. The fraction of sp³-hybridized carbons (Fsp3) is 0.923. The third-order valence-electron chi connectivity index (χ3n) is 2.59. The molecule has 0 aliphatic carbocycles. The van der Waals surface area contributed by atoms with Crippen molar-refractivity contribution in [3.05, 3.63) is 0 Å². The molecule has 2 nitrogen and oxygen atoms in total. The maximum atomic E-state index is 11.6. The van der Waals surface area contributed by atoms with Crippen molar-refractivity contribution in [3.8, 4) is 0 Å². The predicted molar refractivity (Wildman–Crippen MR) is 73.9 cm³/mol. The first-order valence-electron chi connectivity index (χ1n) is 6.15. The third kappa shape index (κ3) is 9.20. The molecular formula is C13H26BrNO. The largest absolute Gasteiger partial charge is 0.355 e. The lowest BCUT2D eigenvalue weighted by Crippen LogP contribution is -2.32. The van der Waals surface area contributed by atoms with Crippen molar-refractivity contribution < 1.29 is 4.79 Å². The number of hydrogen-bond donors (Lipinski definition) is 1. The zero-order valence-corrected chi connectivity index (χ0v) is 12.9. The lowest BCUT2D eigenvalue weighted by Gasteiger charge is -2.22. The molecule has 0 rings (SSSR count).